The maximum Gasteiger partial charge on any atom is 0.274 e. The summed E-state index contributed by atoms with van der Waals surface area (Å²) in [6.45, 7) is 1.82. The van der Waals surface area contributed by atoms with E-state index >= 15 is 0 Å². The average molecular weight is 314 g/mol. The van der Waals surface area contributed by atoms with Crippen LogP contribution in [-0.4, -0.2) is 26.1 Å². The molecule has 0 radical (unpaired) electrons. The molecule has 0 saturated heterocycles. The minimum absolute atomic E-state index is 0.290. The number of nitrogens with one attached hydrogen (secondary N) is 2. The van der Waals surface area contributed by atoms with Crippen LogP contribution < -0.4 is 5.32 Å². The number of aryl methyl sites for hydroxylation is 1. The molecule has 6 nitrogen and oxygen atoms in total. The molecule has 22 heavy (non-hydrogen) atoms. The number of nitrogens with zero attached hydrogens (tertiary/aromatic N) is 3. The van der Waals surface area contributed by atoms with Gasteiger partial charge < -0.3 is 5.32 Å². The molecule has 1 aromatic carbocycles. The van der Waals surface area contributed by atoms with Gasteiger partial charge in [-0.25, -0.2) is 9.97 Å². The molecule has 3 rings (SSSR count). The van der Waals surface area contributed by atoms with Crippen LogP contribution in [0.2, 0.25) is 5.02 Å². The number of H-pyrrole nitrogens is 1. The van der Waals surface area contributed by atoms with Gasteiger partial charge in [0.1, 0.15) is 5.69 Å². The summed E-state index contributed by atoms with van der Waals surface area (Å²) < 4.78 is 0. The molecule has 7 heteroatoms. The van der Waals surface area contributed by atoms with Crippen LogP contribution in [-0.2, 0) is 0 Å². The summed E-state index contributed by atoms with van der Waals surface area (Å²) in [6, 6.07) is 8.78. The monoisotopic (exact) mass is 313 g/mol. The average Bonchev–Trinajstić information content (AvgIpc) is 3.00. The number of benzene rings is 1. The topological polar surface area (TPSA) is 83.6 Å². The molecule has 0 fully saturated rings. The Morgan fingerprint density at radius 3 is 2.68 bits per heavy atom. The Kier molecular flexibility index (Phi) is 3.84. The van der Waals surface area contributed by atoms with Crippen LogP contribution in [0.5, 0.6) is 0 Å². The number of halogens is 1. The van der Waals surface area contributed by atoms with E-state index in [0.29, 0.717) is 27.9 Å². The molecule has 110 valence electrons. The lowest BCUT2D eigenvalue weighted by molar-refractivity contribution is 0.102. The first kappa shape index (κ1) is 14.2. The Bertz CT molecular complexity index is 799. The van der Waals surface area contributed by atoms with Gasteiger partial charge in [-0.2, -0.15) is 5.10 Å². The third-order valence-corrected chi connectivity index (χ3v) is 3.20. The lowest BCUT2D eigenvalue weighted by Crippen LogP contribution is -2.14. The molecule has 1 amide bonds. The number of hydrogen-bond acceptors (Lipinski definition) is 4. The molecule has 0 aliphatic carbocycles. The molecule has 2 N–H and O–H groups in total. The van der Waals surface area contributed by atoms with Crippen molar-refractivity contribution >= 4 is 23.2 Å². The van der Waals surface area contributed by atoms with Crippen molar-refractivity contribution < 1.29 is 4.79 Å². The number of anilines is 1. The standard InChI is InChI=1S/C15H12ClN5O/c1-9-6-13(15(22)20-12-7-17-18-8-12)21-14(19-9)10-2-4-11(16)5-3-10/h2-8H,1H3,(H,17,18)(H,20,22). The quantitative estimate of drug-likeness (QED) is 0.778. The Morgan fingerprint density at radius 1 is 1.23 bits per heavy atom. The predicted molar refractivity (Wildman–Crippen MR) is 83.8 cm³/mol. The zero-order chi connectivity index (χ0) is 15.5. The molecule has 0 saturated carbocycles. The van der Waals surface area contributed by atoms with Gasteiger partial charge in [-0.3, -0.25) is 9.89 Å². The van der Waals surface area contributed by atoms with Gasteiger partial charge in [0, 0.05) is 22.5 Å². The molecule has 2 aromatic heterocycles. The van der Waals surface area contributed by atoms with Crippen LogP contribution in [0.4, 0.5) is 5.69 Å². The Hall–Kier alpha value is -2.73. The van der Waals surface area contributed by atoms with Gasteiger partial charge >= 0.3 is 0 Å². The number of amides is 1. The maximum absolute atomic E-state index is 12.2. The second kappa shape index (κ2) is 5.95. The largest absolute Gasteiger partial charge is 0.318 e. The van der Waals surface area contributed by atoms with Gasteiger partial charge in [-0.05, 0) is 37.3 Å². The first-order valence-corrected chi connectivity index (χ1v) is 6.91. The smallest absolute Gasteiger partial charge is 0.274 e. The number of aromatic nitrogens is 4. The summed E-state index contributed by atoms with van der Waals surface area (Å²) in [6.07, 6.45) is 3.11. The van der Waals surface area contributed by atoms with Crippen LogP contribution in [0.3, 0.4) is 0 Å². The van der Waals surface area contributed by atoms with E-state index in [0.717, 1.165) is 5.56 Å². The van der Waals surface area contributed by atoms with Crippen molar-refractivity contribution in [2.24, 2.45) is 0 Å². The van der Waals surface area contributed by atoms with E-state index in [1.165, 1.54) is 6.20 Å². The molecule has 0 aliphatic rings. The van der Waals surface area contributed by atoms with Crippen molar-refractivity contribution in [3.63, 3.8) is 0 Å². The Morgan fingerprint density at radius 2 is 2.00 bits per heavy atom. The lowest BCUT2D eigenvalue weighted by atomic mass is 10.2. The fraction of sp³-hybridized carbons (Fsp3) is 0.0667. The van der Waals surface area contributed by atoms with E-state index in [1.807, 2.05) is 19.1 Å². The molecule has 2 heterocycles. The first-order chi connectivity index (χ1) is 10.6. The van der Waals surface area contributed by atoms with Gasteiger partial charge in [0.25, 0.3) is 5.91 Å². The van der Waals surface area contributed by atoms with Crippen LogP contribution >= 0.6 is 11.6 Å². The van der Waals surface area contributed by atoms with E-state index in [-0.39, 0.29) is 5.91 Å². The summed E-state index contributed by atoms with van der Waals surface area (Å²) in [7, 11) is 0. The number of aromatic amines is 1. The normalized spacial score (nSPS) is 10.5. The van der Waals surface area contributed by atoms with Crippen LogP contribution in [0.25, 0.3) is 11.4 Å². The third-order valence-electron chi connectivity index (χ3n) is 2.95. The second-order valence-corrected chi connectivity index (χ2v) is 5.10. The molecular weight excluding hydrogens is 302 g/mol. The summed E-state index contributed by atoms with van der Waals surface area (Å²) in [4.78, 5) is 20.9. The number of hydrogen-bond donors (Lipinski definition) is 2. The Labute approximate surface area is 131 Å². The minimum Gasteiger partial charge on any atom is -0.318 e. The lowest BCUT2D eigenvalue weighted by Gasteiger charge is -2.06. The minimum atomic E-state index is -0.317. The van der Waals surface area contributed by atoms with Gasteiger partial charge in [0.05, 0.1) is 11.9 Å². The van der Waals surface area contributed by atoms with E-state index in [4.69, 9.17) is 11.6 Å². The number of carbonyl (C=O) groups excluding carboxylic acids is 1. The molecule has 0 unspecified atom stereocenters. The highest BCUT2D eigenvalue weighted by Gasteiger charge is 2.12. The highest BCUT2D eigenvalue weighted by atomic mass is 35.5. The van der Waals surface area contributed by atoms with Crippen LogP contribution in [0.1, 0.15) is 16.2 Å². The molecule has 0 spiro atoms. The predicted octanol–water partition coefficient (Wildman–Crippen LogP) is 3.08. The van der Waals surface area contributed by atoms with Crippen molar-refractivity contribution in [1.29, 1.82) is 0 Å². The van der Waals surface area contributed by atoms with Crippen LogP contribution in [0, 0.1) is 6.92 Å². The number of carbonyl (C=O) groups is 1. The fourth-order valence-electron chi connectivity index (χ4n) is 1.93. The van der Waals surface area contributed by atoms with E-state index in [9.17, 15) is 4.79 Å². The molecule has 0 aliphatic heterocycles. The molecule has 0 bridgehead atoms. The highest BCUT2D eigenvalue weighted by Crippen LogP contribution is 2.19. The van der Waals surface area contributed by atoms with Gasteiger partial charge in [0.2, 0.25) is 0 Å². The van der Waals surface area contributed by atoms with Gasteiger partial charge in [-0.1, -0.05) is 11.6 Å². The van der Waals surface area contributed by atoms with Gasteiger partial charge in [-0.15, -0.1) is 0 Å². The molecule has 0 atom stereocenters. The Balaban J connectivity index is 1.92. The maximum atomic E-state index is 12.2. The van der Waals surface area contributed by atoms with Crippen LogP contribution in [0.15, 0.2) is 42.7 Å². The number of rotatable bonds is 3. The summed E-state index contributed by atoms with van der Waals surface area (Å²) in [5.74, 6) is 0.163. The summed E-state index contributed by atoms with van der Waals surface area (Å²) >= 11 is 5.88. The van der Waals surface area contributed by atoms with Crippen molar-refractivity contribution in [2.75, 3.05) is 5.32 Å². The van der Waals surface area contributed by atoms with Crippen molar-refractivity contribution in [1.82, 2.24) is 20.2 Å². The van der Waals surface area contributed by atoms with Gasteiger partial charge in [0.15, 0.2) is 5.82 Å². The van der Waals surface area contributed by atoms with Crippen molar-refractivity contribution in [2.45, 2.75) is 6.92 Å². The SMILES string of the molecule is Cc1cc(C(=O)Nc2cn[nH]c2)nc(-c2ccc(Cl)cc2)n1. The van der Waals surface area contributed by atoms with E-state index in [2.05, 4.69) is 25.5 Å². The van der Waals surface area contributed by atoms with E-state index < -0.39 is 0 Å². The third kappa shape index (κ3) is 3.12. The summed E-state index contributed by atoms with van der Waals surface area (Å²) in [5.41, 5.74) is 2.37. The zero-order valence-corrected chi connectivity index (χ0v) is 12.4. The van der Waals surface area contributed by atoms with Crippen molar-refractivity contribution in [3.8, 4) is 11.4 Å². The summed E-state index contributed by atoms with van der Waals surface area (Å²) in [5, 5.41) is 9.75. The molecular formula is C15H12ClN5O. The van der Waals surface area contributed by atoms with E-state index in [1.54, 1.807) is 24.4 Å². The highest BCUT2D eigenvalue weighted by molar-refractivity contribution is 6.30. The first-order valence-electron chi connectivity index (χ1n) is 6.53. The van der Waals surface area contributed by atoms with Crippen molar-refractivity contribution in [3.05, 3.63) is 59.1 Å². The second-order valence-electron chi connectivity index (χ2n) is 4.67. The fourth-order valence-corrected chi connectivity index (χ4v) is 2.05. The molecule has 3 aromatic rings. The zero-order valence-electron chi connectivity index (χ0n) is 11.7.